The number of benzene rings is 1. The van der Waals surface area contributed by atoms with Gasteiger partial charge in [0, 0.05) is 31.8 Å². The van der Waals surface area contributed by atoms with Crippen LogP contribution in [0.5, 0.6) is 0 Å². The fraction of sp³-hybridized carbons (Fsp3) is 0.579. The largest absolute Gasteiger partial charge is 0.373 e. The van der Waals surface area contributed by atoms with Crippen LogP contribution in [-0.4, -0.2) is 50.3 Å². The number of rotatable bonds is 7. The SMILES string of the molecule is CCNC(=NCC1(C)CCCO1)NCCNC(=O)c1ccc(C)c(F)c1. The third kappa shape index (κ3) is 5.98. The van der Waals surface area contributed by atoms with E-state index in [-0.39, 0.29) is 17.3 Å². The molecular weight excluding hydrogens is 335 g/mol. The van der Waals surface area contributed by atoms with Crippen molar-refractivity contribution in [1.29, 1.82) is 0 Å². The van der Waals surface area contributed by atoms with E-state index < -0.39 is 0 Å². The van der Waals surface area contributed by atoms with Gasteiger partial charge in [-0.3, -0.25) is 9.79 Å². The number of carbonyl (C=O) groups excluding carboxylic acids is 1. The molecule has 1 amide bonds. The highest BCUT2D eigenvalue weighted by atomic mass is 19.1. The van der Waals surface area contributed by atoms with E-state index in [9.17, 15) is 9.18 Å². The normalized spacial score (nSPS) is 20.1. The van der Waals surface area contributed by atoms with Crippen LogP contribution in [0.1, 0.15) is 42.6 Å². The standard InChI is InChI=1S/C19H29FN4O2/c1-4-21-18(24-13-19(3)8-5-11-26-19)23-10-9-22-17(25)15-7-6-14(2)16(20)12-15/h6-7,12H,4-5,8-11,13H2,1-3H3,(H,22,25)(H2,21,23,24). The van der Waals surface area contributed by atoms with Crippen LogP contribution in [0.2, 0.25) is 0 Å². The van der Waals surface area contributed by atoms with E-state index in [0.717, 1.165) is 26.0 Å². The maximum Gasteiger partial charge on any atom is 0.251 e. The van der Waals surface area contributed by atoms with Crippen molar-refractivity contribution >= 4 is 11.9 Å². The monoisotopic (exact) mass is 364 g/mol. The fourth-order valence-corrected chi connectivity index (χ4v) is 2.74. The number of halogens is 1. The molecule has 1 aromatic rings. The van der Waals surface area contributed by atoms with Crippen LogP contribution in [0, 0.1) is 12.7 Å². The van der Waals surface area contributed by atoms with Crippen molar-refractivity contribution in [1.82, 2.24) is 16.0 Å². The number of carbonyl (C=O) groups is 1. The maximum absolute atomic E-state index is 13.5. The van der Waals surface area contributed by atoms with Crippen LogP contribution >= 0.6 is 0 Å². The number of nitrogens with one attached hydrogen (secondary N) is 3. The number of aliphatic imine (C=N–C) groups is 1. The molecular formula is C19H29FN4O2. The minimum atomic E-state index is -0.375. The van der Waals surface area contributed by atoms with E-state index in [4.69, 9.17) is 4.74 Å². The van der Waals surface area contributed by atoms with Gasteiger partial charge in [0.05, 0.1) is 12.1 Å². The summed E-state index contributed by atoms with van der Waals surface area (Å²) in [6, 6.07) is 4.48. The molecule has 6 nitrogen and oxygen atoms in total. The Bertz CT molecular complexity index is 642. The number of guanidine groups is 1. The summed E-state index contributed by atoms with van der Waals surface area (Å²) < 4.78 is 19.3. The molecule has 1 heterocycles. The van der Waals surface area contributed by atoms with Crippen LogP contribution in [-0.2, 0) is 4.74 Å². The van der Waals surface area contributed by atoms with Gasteiger partial charge in [-0.05, 0) is 51.3 Å². The van der Waals surface area contributed by atoms with Crippen molar-refractivity contribution in [3.8, 4) is 0 Å². The lowest BCUT2D eigenvalue weighted by molar-refractivity contribution is 0.0283. The van der Waals surface area contributed by atoms with Crippen molar-refractivity contribution in [2.75, 3.05) is 32.8 Å². The first-order valence-electron chi connectivity index (χ1n) is 9.14. The average Bonchev–Trinajstić information content (AvgIpc) is 3.05. The maximum atomic E-state index is 13.5. The summed E-state index contributed by atoms with van der Waals surface area (Å²) in [4.78, 5) is 16.6. The Balaban J connectivity index is 1.78. The van der Waals surface area contributed by atoms with Gasteiger partial charge in [0.25, 0.3) is 5.91 Å². The highest BCUT2D eigenvalue weighted by Crippen LogP contribution is 2.24. The van der Waals surface area contributed by atoms with Crippen molar-refractivity contribution < 1.29 is 13.9 Å². The summed E-state index contributed by atoms with van der Waals surface area (Å²) in [7, 11) is 0. The third-order valence-electron chi connectivity index (χ3n) is 4.35. The minimum Gasteiger partial charge on any atom is -0.373 e. The number of hydrogen-bond donors (Lipinski definition) is 3. The first-order chi connectivity index (χ1) is 12.4. The van der Waals surface area contributed by atoms with Gasteiger partial charge in [-0.25, -0.2) is 4.39 Å². The number of nitrogens with zero attached hydrogens (tertiary/aromatic N) is 1. The molecule has 0 bridgehead atoms. The van der Waals surface area contributed by atoms with Crippen molar-refractivity contribution in [3.05, 3.63) is 35.1 Å². The van der Waals surface area contributed by atoms with Gasteiger partial charge in [0.15, 0.2) is 5.96 Å². The van der Waals surface area contributed by atoms with E-state index >= 15 is 0 Å². The second-order valence-electron chi connectivity index (χ2n) is 6.74. The van der Waals surface area contributed by atoms with E-state index in [1.54, 1.807) is 19.1 Å². The number of hydrogen-bond acceptors (Lipinski definition) is 3. The van der Waals surface area contributed by atoms with Gasteiger partial charge in [-0.15, -0.1) is 0 Å². The molecule has 7 heteroatoms. The molecule has 2 rings (SSSR count). The number of ether oxygens (including phenoxy) is 1. The van der Waals surface area contributed by atoms with Crippen LogP contribution in [0.25, 0.3) is 0 Å². The molecule has 0 saturated carbocycles. The topological polar surface area (TPSA) is 74.8 Å². The van der Waals surface area contributed by atoms with Crippen LogP contribution in [0.4, 0.5) is 4.39 Å². The lowest BCUT2D eigenvalue weighted by Crippen LogP contribution is -2.42. The molecule has 0 aliphatic carbocycles. The molecule has 1 aliphatic rings. The molecule has 1 saturated heterocycles. The van der Waals surface area contributed by atoms with Gasteiger partial charge >= 0.3 is 0 Å². The first kappa shape index (κ1) is 20.2. The molecule has 0 aromatic heterocycles. The molecule has 0 radical (unpaired) electrons. The number of amides is 1. The smallest absolute Gasteiger partial charge is 0.251 e. The summed E-state index contributed by atoms with van der Waals surface area (Å²) >= 11 is 0. The highest BCUT2D eigenvalue weighted by Gasteiger charge is 2.29. The quantitative estimate of drug-likeness (QED) is 0.393. The molecule has 1 atom stereocenters. The summed E-state index contributed by atoms with van der Waals surface area (Å²) in [5.74, 6) is 0.0272. The van der Waals surface area contributed by atoms with Crippen molar-refractivity contribution in [3.63, 3.8) is 0 Å². The summed E-state index contributed by atoms with van der Waals surface area (Å²) in [6.07, 6.45) is 2.08. The fourth-order valence-electron chi connectivity index (χ4n) is 2.74. The van der Waals surface area contributed by atoms with E-state index in [2.05, 4.69) is 27.9 Å². The molecule has 3 N–H and O–H groups in total. The second kappa shape index (κ2) is 9.52. The van der Waals surface area contributed by atoms with Gasteiger partial charge < -0.3 is 20.7 Å². The zero-order chi connectivity index (χ0) is 19.0. The third-order valence-corrected chi connectivity index (χ3v) is 4.35. The molecule has 1 unspecified atom stereocenters. The molecule has 144 valence electrons. The summed E-state index contributed by atoms with van der Waals surface area (Å²) in [5.41, 5.74) is 0.654. The Morgan fingerprint density at radius 2 is 2.08 bits per heavy atom. The Labute approximate surface area is 154 Å². The lowest BCUT2D eigenvalue weighted by atomic mass is 10.0. The zero-order valence-corrected chi connectivity index (χ0v) is 15.8. The van der Waals surface area contributed by atoms with E-state index in [1.807, 2.05) is 6.92 Å². The zero-order valence-electron chi connectivity index (χ0n) is 15.8. The van der Waals surface area contributed by atoms with Gasteiger partial charge in [0.1, 0.15) is 5.82 Å². The average molecular weight is 364 g/mol. The Morgan fingerprint density at radius 1 is 1.31 bits per heavy atom. The minimum absolute atomic E-state index is 0.188. The highest BCUT2D eigenvalue weighted by molar-refractivity contribution is 5.94. The molecule has 1 fully saturated rings. The Hall–Kier alpha value is -2.15. The molecule has 26 heavy (non-hydrogen) atoms. The first-order valence-corrected chi connectivity index (χ1v) is 9.14. The summed E-state index contributed by atoms with van der Waals surface area (Å²) in [5, 5.41) is 9.13. The Morgan fingerprint density at radius 3 is 2.73 bits per heavy atom. The number of aryl methyl sites for hydroxylation is 1. The van der Waals surface area contributed by atoms with Crippen molar-refractivity contribution in [2.45, 2.75) is 39.2 Å². The van der Waals surface area contributed by atoms with Crippen LogP contribution < -0.4 is 16.0 Å². The molecule has 1 aromatic carbocycles. The molecule has 1 aliphatic heterocycles. The van der Waals surface area contributed by atoms with Gasteiger partial charge in [-0.1, -0.05) is 6.07 Å². The van der Waals surface area contributed by atoms with Gasteiger partial charge in [-0.2, -0.15) is 0 Å². The van der Waals surface area contributed by atoms with Crippen molar-refractivity contribution in [2.24, 2.45) is 4.99 Å². The second-order valence-corrected chi connectivity index (χ2v) is 6.74. The lowest BCUT2D eigenvalue weighted by Gasteiger charge is -2.21. The van der Waals surface area contributed by atoms with Crippen LogP contribution in [0.15, 0.2) is 23.2 Å². The predicted molar refractivity (Wildman–Crippen MR) is 101 cm³/mol. The van der Waals surface area contributed by atoms with Crippen LogP contribution in [0.3, 0.4) is 0 Å². The van der Waals surface area contributed by atoms with E-state index in [1.165, 1.54) is 6.07 Å². The van der Waals surface area contributed by atoms with Gasteiger partial charge in [0.2, 0.25) is 0 Å². The van der Waals surface area contributed by atoms with E-state index in [0.29, 0.717) is 36.7 Å². The molecule has 0 spiro atoms. The Kier molecular flexibility index (Phi) is 7.38. The predicted octanol–water partition coefficient (Wildman–Crippen LogP) is 1.99. The summed E-state index contributed by atoms with van der Waals surface area (Å²) in [6.45, 7) is 8.81.